The van der Waals surface area contributed by atoms with Crippen molar-refractivity contribution in [2.45, 2.75) is 18.6 Å². The Kier molecular flexibility index (Phi) is 4.63. The Morgan fingerprint density at radius 2 is 2.10 bits per heavy atom. The highest BCUT2D eigenvalue weighted by Gasteiger charge is 2.31. The van der Waals surface area contributed by atoms with Crippen LogP contribution in [-0.2, 0) is 16.0 Å². The van der Waals surface area contributed by atoms with Crippen molar-refractivity contribution < 1.29 is 9.59 Å². The number of nitrogens with zero attached hydrogens (tertiary/aromatic N) is 1. The summed E-state index contributed by atoms with van der Waals surface area (Å²) in [6.07, 6.45) is 0.559. The molecule has 1 aromatic carbocycles. The van der Waals surface area contributed by atoms with Crippen molar-refractivity contribution in [2.24, 2.45) is 0 Å². The number of halogens is 1. The van der Waals surface area contributed by atoms with Crippen LogP contribution in [0.2, 0.25) is 0 Å². The fraction of sp³-hybridized carbons (Fsp3) is 0.214. The highest BCUT2D eigenvalue weighted by molar-refractivity contribution is 9.10. The van der Waals surface area contributed by atoms with Crippen molar-refractivity contribution in [3.05, 3.63) is 44.9 Å². The Morgan fingerprint density at radius 3 is 2.65 bits per heavy atom. The second kappa shape index (κ2) is 6.25. The molecule has 0 bridgehead atoms. The molecule has 4 nitrogen and oxygen atoms in total. The van der Waals surface area contributed by atoms with Crippen LogP contribution in [0.15, 0.2) is 39.3 Å². The number of hydrogen-bond acceptors (Lipinski definition) is 4. The lowest BCUT2D eigenvalue weighted by atomic mass is 10.1. The van der Waals surface area contributed by atoms with Crippen LogP contribution in [0.4, 0.5) is 0 Å². The van der Waals surface area contributed by atoms with E-state index in [2.05, 4.69) is 21.2 Å². The first-order valence-electron chi connectivity index (χ1n) is 5.88. The molecule has 1 heterocycles. The molecule has 1 N–H and O–H groups in total. The summed E-state index contributed by atoms with van der Waals surface area (Å²) >= 11 is 4.60. The Bertz CT molecular complexity index is 632. The summed E-state index contributed by atoms with van der Waals surface area (Å²) in [7, 11) is 0. The number of carbonyl (C=O) groups excluding carboxylic acids is 2. The van der Waals surface area contributed by atoms with E-state index in [-0.39, 0.29) is 22.5 Å². The molecule has 0 unspecified atom stereocenters. The fourth-order valence-electron chi connectivity index (χ4n) is 1.80. The van der Waals surface area contributed by atoms with Gasteiger partial charge < -0.3 is 5.32 Å². The molecular formula is C14H11BrN2O2S. The van der Waals surface area contributed by atoms with E-state index in [0.717, 1.165) is 10.0 Å². The quantitative estimate of drug-likeness (QED) is 0.671. The Morgan fingerprint density at radius 1 is 1.45 bits per heavy atom. The minimum Gasteiger partial charge on any atom is -0.318 e. The first-order chi connectivity index (χ1) is 9.51. The Labute approximate surface area is 129 Å². The maximum absolute atomic E-state index is 11.9. The third kappa shape index (κ3) is 3.30. The van der Waals surface area contributed by atoms with Gasteiger partial charge in [0.15, 0.2) is 5.78 Å². The van der Waals surface area contributed by atoms with E-state index in [4.69, 9.17) is 5.26 Å². The number of hydrogen-bond donors (Lipinski definition) is 1. The normalized spacial score (nSPS) is 20.2. The maximum Gasteiger partial charge on any atom is 0.238 e. The van der Waals surface area contributed by atoms with Gasteiger partial charge in [-0.25, -0.2) is 0 Å². The first kappa shape index (κ1) is 14.8. The topological polar surface area (TPSA) is 70.0 Å². The number of Topliss-reactive ketones (excluding diaryl/α,β-unsaturated/α-hetero) is 1. The van der Waals surface area contributed by atoms with Crippen LogP contribution in [0.25, 0.3) is 0 Å². The van der Waals surface area contributed by atoms with Gasteiger partial charge in [0.1, 0.15) is 11.6 Å². The Balaban J connectivity index is 2.16. The summed E-state index contributed by atoms with van der Waals surface area (Å²) in [5.74, 6) is -0.499. The van der Waals surface area contributed by atoms with Crippen LogP contribution in [0, 0.1) is 11.3 Å². The highest BCUT2D eigenvalue weighted by atomic mass is 79.9. The Hall–Kier alpha value is -1.58. The molecule has 0 aromatic heterocycles. The summed E-state index contributed by atoms with van der Waals surface area (Å²) in [5.41, 5.74) is 1.05. The number of thioether (sulfide) groups is 1. The minimum atomic E-state index is -0.334. The molecule has 20 heavy (non-hydrogen) atoms. The first-order valence-corrected chi connectivity index (χ1v) is 7.56. The van der Waals surface area contributed by atoms with Crippen LogP contribution in [0.3, 0.4) is 0 Å². The lowest BCUT2D eigenvalue weighted by Gasteiger charge is -2.05. The van der Waals surface area contributed by atoms with E-state index in [0.29, 0.717) is 11.4 Å². The molecule has 102 valence electrons. The van der Waals surface area contributed by atoms with Crippen molar-refractivity contribution in [2.75, 3.05) is 0 Å². The average molecular weight is 351 g/mol. The van der Waals surface area contributed by atoms with Crippen LogP contribution in [0.5, 0.6) is 0 Å². The summed E-state index contributed by atoms with van der Waals surface area (Å²) in [6.45, 7) is 1.32. The molecular weight excluding hydrogens is 340 g/mol. The molecule has 0 aliphatic carbocycles. The van der Waals surface area contributed by atoms with E-state index in [1.807, 2.05) is 30.3 Å². The number of benzene rings is 1. The second-order valence-electron chi connectivity index (χ2n) is 4.30. The zero-order valence-corrected chi connectivity index (χ0v) is 13.0. The molecule has 1 atom stereocenters. The number of allylic oxidation sites excluding steroid dienone is 1. The van der Waals surface area contributed by atoms with Gasteiger partial charge >= 0.3 is 0 Å². The lowest BCUT2D eigenvalue weighted by Crippen LogP contribution is -2.24. The molecule has 1 fully saturated rings. The monoisotopic (exact) mass is 350 g/mol. The van der Waals surface area contributed by atoms with Crippen molar-refractivity contribution in [1.29, 1.82) is 5.26 Å². The lowest BCUT2D eigenvalue weighted by molar-refractivity contribution is -0.119. The second-order valence-corrected chi connectivity index (χ2v) is 6.43. The van der Waals surface area contributed by atoms with E-state index in [1.165, 1.54) is 18.7 Å². The van der Waals surface area contributed by atoms with Gasteiger partial charge in [0.25, 0.3) is 0 Å². The van der Waals surface area contributed by atoms with E-state index in [1.54, 1.807) is 0 Å². The smallest absolute Gasteiger partial charge is 0.238 e. The molecule has 0 spiro atoms. The number of carbonyl (C=O) groups is 2. The fourth-order valence-corrected chi connectivity index (χ4v) is 3.25. The zero-order valence-electron chi connectivity index (χ0n) is 10.6. The third-order valence-electron chi connectivity index (χ3n) is 2.81. The molecule has 0 saturated carbocycles. The standard InChI is InChI=1S/C14H11BrN2O2S/c1-8(18)11(7-16)14-17-13(19)12(20-14)6-9-2-4-10(15)5-3-9/h2-5,12H,6H2,1H3,(H,17,19)/b14-11-/t12-/m0/s1. The van der Waals surface area contributed by atoms with E-state index < -0.39 is 0 Å². The van der Waals surface area contributed by atoms with Crippen LogP contribution >= 0.6 is 27.7 Å². The predicted octanol–water partition coefficient (Wildman–Crippen LogP) is 2.55. The van der Waals surface area contributed by atoms with Gasteiger partial charge in [-0.1, -0.05) is 39.8 Å². The SMILES string of the molecule is CC(=O)/C(C#N)=C1/NC(=O)[C@H](Cc2ccc(Br)cc2)S1. The van der Waals surface area contributed by atoms with E-state index in [9.17, 15) is 9.59 Å². The number of rotatable bonds is 3. The van der Waals surface area contributed by atoms with Gasteiger partial charge in [0.2, 0.25) is 5.91 Å². The van der Waals surface area contributed by atoms with Gasteiger partial charge in [-0.2, -0.15) is 5.26 Å². The minimum absolute atomic E-state index is 0.0154. The molecule has 1 amide bonds. The molecule has 1 aliphatic rings. The van der Waals surface area contributed by atoms with Crippen LogP contribution in [0.1, 0.15) is 12.5 Å². The third-order valence-corrected chi connectivity index (χ3v) is 4.55. The van der Waals surface area contributed by atoms with Crippen LogP contribution in [-0.4, -0.2) is 16.9 Å². The van der Waals surface area contributed by atoms with Crippen molar-refractivity contribution in [1.82, 2.24) is 5.32 Å². The summed E-state index contributed by atoms with van der Waals surface area (Å²) < 4.78 is 0.980. The molecule has 1 saturated heterocycles. The van der Waals surface area contributed by atoms with Gasteiger partial charge in [-0.05, 0) is 31.0 Å². The predicted molar refractivity (Wildman–Crippen MR) is 80.7 cm³/mol. The highest BCUT2D eigenvalue weighted by Crippen LogP contribution is 2.32. The number of nitrogens with one attached hydrogen (secondary N) is 1. The average Bonchev–Trinajstić information content (AvgIpc) is 2.74. The molecule has 2 rings (SSSR count). The van der Waals surface area contributed by atoms with E-state index >= 15 is 0 Å². The van der Waals surface area contributed by atoms with Gasteiger partial charge in [0.05, 0.1) is 10.3 Å². The molecule has 1 aromatic rings. The number of amides is 1. The van der Waals surface area contributed by atoms with Gasteiger partial charge in [0, 0.05) is 4.47 Å². The van der Waals surface area contributed by atoms with Gasteiger partial charge in [-0.15, -0.1) is 0 Å². The number of ketones is 1. The number of nitriles is 1. The summed E-state index contributed by atoms with van der Waals surface area (Å²) in [4.78, 5) is 23.2. The van der Waals surface area contributed by atoms with Crippen molar-refractivity contribution in [3.63, 3.8) is 0 Å². The summed E-state index contributed by atoms with van der Waals surface area (Å²) in [5, 5.41) is 11.6. The van der Waals surface area contributed by atoms with Crippen molar-refractivity contribution in [3.8, 4) is 6.07 Å². The van der Waals surface area contributed by atoms with Crippen molar-refractivity contribution >= 4 is 39.4 Å². The summed E-state index contributed by atoms with van der Waals surface area (Å²) in [6, 6.07) is 9.56. The maximum atomic E-state index is 11.9. The molecule has 6 heteroatoms. The van der Waals surface area contributed by atoms with Gasteiger partial charge in [-0.3, -0.25) is 9.59 Å². The zero-order chi connectivity index (χ0) is 14.7. The van der Waals surface area contributed by atoms with Crippen LogP contribution < -0.4 is 5.32 Å². The largest absolute Gasteiger partial charge is 0.318 e. The molecule has 0 radical (unpaired) electrons. The molecule has 1 aliphatic heterocycles.